The van der Waals surface area contributed by atoms with Gasteiger partial charge in [-0.05, 0) is 61.2 Å². The zero-order chi connectivity index (χ0) is 13.8. The minimum Gasteiger partial charge on any atom is -0.453 e. The molecule has 3 heteroatoms. The molecular weight excluding hydrogens is 258 g/mol. The number of hydrogen-bond acceptors (Lipinski definition) is 2. The van der Waals surface area contributed by atoms with E-state index in [9.17, 15) is 0 Å². The second-order valence-corrected chi connectivity index (χ2v) is 5.22. The van der Waals surface area contributed by atoms with Gasteiger partial charge in [-0.3, -0.25) is 0 Å². The van der Waals surface area contributed by atoms with Gasteiger partial charge in [-0.2, -0.15) is 0 Å². The Bertz CT molecular complexity index is 547. The summed E-state index contributed by atoms with van der Waals surface area (Å²) in [5.41, 5.74) is 4.81. The predicted octanol–water partition coefficient (Wildman–Crippen LogP) is 4.64. The molecular formula is C16H20ClNO. The summed E-state index contributed by atoms with van der Waals surface area (Å²) in [7, 11) is 0. The van der Waals surface area contributed by atoms with E-state index in [1.54, 1.807) is 6.26 Å². The zero-order valence-electron chi connectivity index (χ0n) is 11.7. The Morgan fingerprint density at radius 2 is 2.00 bits per heavy atom. The first-order valence-corrected chi connectivity index (χ1v) is 7.04. The van der Waals surface area contributed by atoms with Crippen molar-refractivity contribution in [2.45, 2.75) is 33.2 Å². The molecule has 2 rings (SSSR count). The summed E-state index contributed by atoms with van der Waals surface area (Å²) < 4.78 is 5.23. The molecule has 1 aromatic carbocycles. The van der Waals surface area contributed by atoms with Crippen molar-refractivity contribution >= 4 is 11.6 Å². The van der Waals surface area contributed by atoms with Crippen LogP contribution in [0.4, 0.5) is 0 Å². The number of nitrogens with one attached hydrogen (secondary N) is 1. The van der Waals surface area contributed by atoms with Crippen LogP contribution in [0.1, 0.15) is 41.6 Å². The second-order valence-electron chi connectivity index (χ2n) is 4.88. The quantitative estimate of drug-likeness (QED) is 0.861. The molecule has 2 aromatic rings. The van der Waals surface area contributed by atoms with Crippen LogP contribution in [0.3, 0.4) is 0 Å². The topological polar surface area (TPSA) is 25.2 Å². The van der Waals surface area contributed by atoms with Gasteiger partial charge in [0.2, 0.25) is 0 Å². The molecule has 1 aromatic heterocycles. The Balaban J connectivity index is 2.37. The van der Waals surface area contributed by atoms with Crippen molar-refractivity contribution in [1.82, 2.24) is 5.32 Å². The van der Waals surface area contributed by atoms with Gasteiger partial charge in [0.15, 0.2) is 5.22 Å². The summed E-state index contributed by atoms with van der Waals surface area (Å²) in [5, 5.41) is 4.00. The second kappa shape index (κ2) is 6.27. The number of rotatable bonds is 5. The lowest BCUT2D eigenvalue weighted by molar-refractivity contribution is 0.550. The SMILES string of the molecule is CCCNC(c1ccc(C)c(C)c1)c1ccoc1Cl. The Morgan fingerprint density at radius 1 is 1.21 bits per heavy atom. The molecule has 0 radical (unpaired) electrons. The molecule has 0 bridgehead atoms. The first-order valence-electron chi connectivity index (χ1n) is 6.67. The maximum atomic E-state index is 6.13. The summed E-state index contributed by atoms with van der Waals surface area (Å²) in [4.78, 5) is 0. The fraction of sp³-hybridized carbons (Fsp3) is 0.375. The number of furan rings is 1. The number of hydrogen-bond donors (Lipinski definition) is 1. The van der Waals surface area contributed by atoms with Gasteiger partial charge >= 0.3 is 0 Å². The third-order valence-corrected chi connectivity index (χ3v) is 3.73. The van der Waals surface area contributed by atoms with Gasteiger partial charge in [0.25, 0.3) is 0 Å². The lowest BCUT2D eigenvalue weighted by atomic mass is 9.97. The van der Waals surface area contributed by atoms with Crippen LogP contribution >= 0.6 is 11.6 Å². The van der Waals surface area contributed by atoms with E-state index in [0.29, 0.717) is 5.22 Å². The van der Waals surface area contributed by atoms with E-state index in [1.165, 1.54) is 16.7 Å². The van der Waals surface area contributed by atoms with Crippen LogP contribution in [0.5, 0.6) is 0 Å². The van der Waals surface area contributed by atoms with Crippen LogP contribution in [0.2, 0.25) is 5.22 Å². The van der Waals surface area contributed by atoms with Gasteiger partial charge in [0.1, 0.15) is 0 Å². The van der Waals surface area contributed by atoms with E-state index < -0.39 is 0 Å². The molecule has 1 heterocycles. The smallest absolute Gasteiger partial charge is 0.198 e. The highest BCUT2D eigenvalue weighted by Gasteiger charge is 2.18. The van der Waals surface area contributed by atoms with Gasteiger partial charge in [-0.25, -0.2) is 0 Å². The minimum absolute atomic E-state index is 0.0884. The van der Waals surface area contributed by atoms with Crippen molar-refractivity contribution in [3.63, 3.8) is 0 Å². The molecule has 19 heavy (non-hydrogen) atoms. The third-order valence-electron chi connectivity index (χ3n) is 3.42. The zero-order valence-corrected chi connectivity index (χ0v) is 12.4. The van der Waals surface area contributed by atoms with Crippen LogP contribution in [0.15, 0.2) is 34.9 Å². The summed E-state index contributed by atoms with van der Waals surface area (Å²) in [5.74, 6) is 0. The largest absolute Gasteiger partial charge is 0.453 e. The molecule has 0 aliphatic heterocycles. The van der Waals surface area contributed by atoms with E-state index in [-0.39, 0.29) is 6.04 Å². The van der Waals surface area contributed by atoms with Crippen molar-refractivity contribution in [1.29, 1.82) is 0 Å². The van der Waals surface area contributed by atoms with Gasteiger partial charge in [0.05, 0.1) is 12.3 Å². The van der Waals surface area contributed by atoms with Crippen LogP contribution in [0.25, 0.3) is 0 Å². The average Bonchev–Trinajstić information content (AvgIpc) is 2.80. The van der Waals surface area contributed by atoms with Gasteiger partial charge in [0, 0.05) is 5.56 Å². The monoisotopic (exact) mass is 277 g/mol. The van der Waals surface area contributed by atoms with Gasteiger partial charge in [-0.15, -0.1) is 0 Å². The molecule has 0 saturated carbocycles. The lowest BCUT2D eigenvalue weighted by Crippen LogP contribution is -2.23. The standard InChI is InChI=1S/C16H20ClNO/c1-4-8-18-15(14-7-9-19-16(14)17)13-6-5-11(2)12(3)10-13/h5-7,9-10,15,18H,4,8H2,1-3H3. The Labute approximate surface area is 119 Å². The highest BCUT2D eigenvalue weighted by atomic mass is 35.5. The molecule has 2 nitrogen and oxygen atoms in total. The molecule has 0 amide bonds. The van der Waals surface area contributed by atoms with E-state index in [1.807, 2.05) is 6.07 Å². The van der Waals surface area contributed by atoms with Crippen molar-refractivity contribution < 1.29 is 4.42 Å². The van der Waals surface area contributed by atoms with Crippen LogP contribution in [-0.4, -0.2) is 6.54 Å². The van der Waals surface area contributed by atoms with Gasteiger partial charge < -0.3 is 9.73 Å². The van der Waals surface area contributed by atoms with Crippen molar-refractivity contribution in [3.8, 4) is 0 Å². The van der Waals surface area contributed by atoms with Crippen LogP contribution < -0.4 is 5.32 Å². The number of aryl methyl sites for hydroxylation is 2. The molecule has 0 spiro atoms. The highest BCUT2D eigenvalue weighted by Crippen LogP contribution is 2.30. The molecule has 0 saturated heterocycles. The predicted molar refractivity (Wildman–Crippen MR) is 79.8 cm³/mol. The van der Waals surface area contributed by atoms with Crippen LogP contribution in [-0.2, 0) is 0 Å². The summed E-state index contributed by atoms with van der Waals surface area (Å²) in [6.07, 6.45) is 2.72. The molecule has 1 atom stereocenters. The summed E-state index contributed by atoms with van der Waals surface area (Å²) in [6, 6.07) is 8.54. The minimum atomic E-state index is 0.0884. The Kier molecular flexibility index (Phi) is 4.67. The lowest BCUT2D eigenvalue weighted by Gasteiger charge is -2.19. The van der Waals surface area contributed by atoms with Crippen molar-refractivity contribution in [3.05, 3.63) is 58.0 Å². The molecule has 102 valence electrons. The highest BCUT2D eigenvalue weighted by molar-refractivity contribution is 6.29. The molecule has 0 fully saturated rings. The summed E-state index contributed by atoms with van der Waals surface area (Å²) in [6.45, 7) is 7.35. The maximum absolute atomic E-state index is 6.13. The Hall–Kier alpha value is -1.25. The van der Waals surface area contributed by atoms with E-state index in [2.05, 4.69) is 44.3 Å². The molecule has 0 aliphatic rings. The fourth-order valence-corrected chi connectivity index (χ4v) is 2.37. The first-order chi connectivity index (χ1) is 9.13. The molecule has 1 N–H and O–H groups in total. The van der Waals surface area contributed by atoms with Crippen molar-refractivity contribution in [2.24, 2.45) is 0 Å². The fourth-order valence-electron chi connectivity index (χ4n) is 2.15. The molecule has 0 aliphatic carbocycles. The van der Waals surface area contributed by atoms with Crippen LogP contribution in [0, 0.1) is 13.8 Å². The third kappa shape index (κ3) is 3.20. The first kappa shape index (κ1) is 14.2. The van der Waals surface area contributed by atoms with Crippen molar-refractivity contribution in [2.75, 3.05) is 6.54 Å². The normalized spacial score (nSPS) is 12.6. The number of benzene rings is 1. The van der Waals surface area contributed by atoms with E-state index >= 15 is 0 Å². The molecule has 1 unspecified atom stereocenters. The van der Waals surface area contributed by atoms with E-state index in [0.717, 1.165) is 18.5 Å². The number of halogens is 1. The van der Waals surface area contributed by atoms with Gasteiger partial charge in [-0.1, -0.05) is 25.1 Å². The van der Waals surface area contributed by atoms with E-state index in [4.69, 9.17) is 16.0 Å². The summed E-state index contributed by atoms with van der Waals surface area (Å²) >= 11 is 6.13. The average molecular weight is 278 g/mol. The Morgan fingerprint density at radius 3 is 2.58 bits per heavy atom. The maximum Gasteiger partial charge on any atom is 0.198 e.